The minimum absolute atomic E-state index is 0.108. The number of carbonyl (C=O) groups excluding carboxylic acids is 1. The molecule has 0 radical (unpaired) electrons. The van der Waals surface area contributed by atoms with E-state index in [1.54, 1.807) is 12.1 Å². The third-order valence-electron chi connectivity index (χ3n) is 5.50. The first-order valence-corrected chi connectivity index (χ1v) is 9.97. The monoisotopic (exact) mass is 394 g/mol. The van der Waals surface area contributed by atoms with Gasteiger partial charge in [-0.25, -0.2) is 14.4 Å². The Morgan fingerprint density at radius 1 is 1.21 bits per heavy atom. The number of thiophene rings is 1. The van der Waals surface area contributed by atoms with Crippen LogP contribution in [0.25, 0.3) is 10.2 Å². The molecule has 1 aliphatic carbocycles. The molecular weight excluding hydrogens is 375 g/mol. The first-order valence-electron chi connectivity index (χ1n) is 9.16. The van der Waals surface area contributed by atoms with E-state index in [0.717, 1.165) is 44.0 Å². The summed E-state index contributed by atoms with van der Waals surface area (Å²) in [6.07, 6.45) is 2.71. The largest absolute Gasteiger partial charge is 0.382 e. The van der Waals surface area contributed by atoms with E-state index in [1.165, 1.54) is 29.8 Å². The smallest absolute Gasteiger partial charge is 0.162 e. The van der Waals surface area contributed by atoms with Gasteiger partial charge in [0.1, 0.15) is 18.0 Å². The van der Waals surface area contributed by atoms with E-state index >= 15 is 0 Å². The van der Waals surface area contributed by atoms with Crippen molar-refractivity contribution in [2.45, 2.75) is 32.6 Å². The Balaban J connectivity index is 1.80. The van der Waals surface area contributed by atoms with Crippen molar-refractivity contribution in [3.8, 4) is 0 Å². The molecule has 0 amide bonds. The Labute approximate surface area is 165 Å². The first-order chi connectivity index (χ1) is 13.3. The molecule has 3 aromatic rings. The number of carbonyl (C=O) groups is 1. The highest BCUT2D eigenvalue weighted by molar-refractivity contribution is 7.23. The number of nitrogens with one attached hydrogen (secondary N) is 1. The van der Waals surface area contributed by atoms with Gasteiger partial charge in [-0.15, -0.1) is 11.3 Å². The normalized spacial score (nSPS) is 20.7. The number of hydrogen-bond donors (Lipinski definition) is 2. The molecule has 1 aromatic carbocycles. The molecule has 5 rings (SSSR count). The fraction of sp³-hybridized carbons (Fsp3) is 0.286. The number of hydrogen-bond acceptors (Lipinski definition) is 6. The van der Waals surface area contributed by atoms with Crippen LogP contribution in [0.5, 0.6) is 0 Å². The van der Waals surface area contributed by atoms with Crippen LogP contribution in [-0.4, -0.2) is 15.8 Å². The Morgan fingerprint density at radius 2 is 1.96 bits per heavy atom. The van der Waals surface area contributed by atoms with Crippen LogP contribution < -0.4 is 11.1 Å². The third-order valence-corrected chi connectivity index (χ3v) is 6.63. The SMILES string of the molecule is CC1(C)CC(=O)C2=C(C1)Nc1sc3c(N)ncnc3c1C2c1ccc(F)cc1. The first kappa shape index (κ1) is 17.3. The molecule has 0 fully saturated rings. The van der Waals surface area contributed by atoms with E-state index in [9.17, 15) is 9.18 Å². The number of fused-ring (bicyclic) bond motifs is 3. The summed E-state index contributed by atoms with van der Waals surface area (Å²) in [7, 11) is 0. The highest BCUT2D eigenvalue weighted by Gasteiger charge is 2.42. The number of ketones is 1. The molecule has 0 bridgehead atoms. The van der Waals surface area contributed by atoms with E-state index in [1.807, 2.05) is 0 Å². The maximum atomic E-state index is 13.6. The van der Waals surface area contributed by atoms with Gasteiger partial charge in [0.05, 0.1) is 15.2 Å². The van der Waals surface area contributed by atoms with Gasteiger partial charge in [0.15, 0.2) is 5.78 Å². The Morgan fingerprint density at radius 3 is 2.71 bits per heavy atom. The summed E-state index contributed by atoms with van der Waals surface area (Å²) < 4.78 is 14.4. The molecule has 142 valence electrons. The number of benzene rings is 1. The minimum Gasteiger partial charge on any atom is -0.382 e. The van der Waals surface area contributed by atoms with E-state index in [0.29, 0.717) is 12.2 Å². The Bertz CT molecular complexity index is 1160. The molecule has 0 spiro atoms. The van der Waals surface area contributed by atoms with Crippen molar-refractivity contribution in [3.63, 3.8) is 0 Å². The highest BCUT2D eigenvalue weighted by Crippen LogP contribution is 2.53. The lowest BCUT2D eigenvalue weighted by molar-refractivity contribution is -0.118. The van der Waals surface area contributed by atoms with Gasteiger partial charge in [-0.2, -0.15) is 0 Å². The number of rotatable bonds is 1. The molecule has 5 nitrogen and oxygen atoms in total. The van der Waals surface area contributed by atoms with Gasteiger partial charge in [0.25, 0.3) is 0 Å². The summed E-state index contributed by atoms with van der Waals surface area (Å²) in [5.74, 6) is -0.0442. The molecule has 0 saturated carbocycles. The van der Waals surface area contributed by atoms with E-state index in [-0.39, 0.29) is 22.9 Å². The quantitative estimate of drug-likeness (QED) is 0.630. The number of anilines is 2. The highest BCUT2D eigenvalue weighted by atomic mass is 32.1. The molecule has 0 saturated heterocycles. The second-order valence-corrected chi connectivity index (χ2v) is 9.24. The third kappa shape index (κ3) is 2.53. The summed E-state index contributed by atoms with van der Waals surface area (Å²) in [5, 5.41) is 4.42. The van der Waals surface area contributed by atoms with Crippen LogP contribution in [0, 0.1) is 11.2 Å². The second kappa shape index (κ2) is 5.85. The van der Waals surface area contributed by atoms with Crippen LogP contribution in [0.1, 0.15) is 43.7 Å². The van der Waals surface area contributed by atoms with E-state index < -0.39 is 0 Å². The maximum absolute atomic E-state index is 13.6. The number of halogens is 1. The van der Waals surface area contributed by atoms with Crippen LogP contribution in [0.3, 0.4) is 0 Å². The molecule has 7 heteroatoms. The summed E-state index contributed by atoms with van der Waals surface area (Å²) in [6.45, 7) is 4.21. The fourth-order valence-electron chi connectivity index (χ4n) is 4.36. The Hall–Kier alpha value is -2.80. The number of aromatic nitrogens is 2. The zero-order chi connectivity index (χ0) is 19.6. The number of nitrogen functional groups attached to an aromatic ring is 1. The van der Waals surface area contributed by atoms with Crippen molar-refractivity contribution in [2.75, 3.05) is 11.1 Å². The van der Waals surface area contributed by atoms with Gasteiger partial charge in [0, 0.05) is 29.2 Å². The van der Waals surface area contributed by atoms with Gasteiger partial charge in [-0.05, 0) is 29.5 Å². The molecule has 1 unspecified atom stereocenters. The lowest BCUT2D eigenvalue weighted by atomic mass is 9.69. The molecule has 2 aromatic heterocycles. The van der Waals surface area contributed by atoms with Crippen molar-refractivity contribution in [2.24, 2.45) is 5.41 Å². The number of nitrogens with two attached hydrogens (primary N) is 1. The standard InChI is InChI=1S/C21H19FN4OS/c1-21(2)7-12-15(13(27)8-21)14(10-3-5-11(22)6-4-10)16-17-18(28-20(16)26-12)19(23)25-9-24-17/h3-6,9,14,26H,7-8H2,1-2H3,(H2,23,24,25). The topological polar surface area (TPSA) is 80.9 Å². The zero-order valence-corrected chi connectivity index (χ0v) is 16.4. The maximum Gasteiger partial charge on any atom is 0.162 e. The van der Waals surface area contributed by atoms with Crippen LogP contribution >= 0.6 is 11.3 Å². The summed E-state index contributed by atoms with van der Waals surface area (Å²) in [4.78, 5) is 21.8. The average molecular weight is 394 g/mol. The summed E-state index contributed by atoms with van der Waals surface area (Å²) in [5.41, 5.74) is 10.2. The van der Waals surface area contributed by atoms with Crippen LogP contribution in [0.15, 0.2) is 41.9 Å². The summed E-state index contributed by atoms with van der Waals surface area (Å²) >= 11 is 1.50. The van der Waals surface area contributed by atoms with Crippen LogP contribution in [0.2, 0.25) is 0 Å². The molecule has 1 atom stereocenters. The Kier molecular flexibility index (Phi) is 3.61. The van der Waals surface area contributed by atoms with Gasteiger partial charge < -0.3 is 11.1 Å². The van der Waals surface area contributed by atoms with Crippen molar-refractivity contribution >= 4 is 38.2 Å². The van der Waals surface area contributed by atoms with Gasteiger partial charge >= 0.3 is 0 Å². The van der Waals surface area contributed by atoms with Crippen molar-refractivity contribution < 1.29 is 9.18 Å². The second-order valence-electron chi connectivity index (χ2n) is 8.22. The fourth-order valence-corrected chi connectivity index (χ4v) is 5.48. The average Bonchev–Trinajstić information content (AvgIpc) is 2.99. The van der Waals surface area contributed by atoms with Crippen molar-refractivity contribution in [3.05, 3.63) is 58.8 Å². The molecule has 3 heterocycles. The van der Waals surface area contributed by atoms with Crippen LogP contribution in [-0.2, 0) is 4.79 Å². The number of Topliss-reactive ketones (excluding diaryl/α,β-unsaturated/α-hetero) is 1. The van der Waals surface area contributed by atoms with E-state index in [4.69, 9.17) is 5.73 Å². The predicted octanol–water partition coefficient (Wildman–Crippen LogP) is 4.61. The van der Waals surface area contributed by atoms with Gasteiger partial charge in [-0.1, -0.05) is 26.0 Å². The molecular formula is C21H19FN4OS. The van der Waals surface area contributed by atoms with Crippen molar-refractivity contribution in [1.29, 1.82) is 0 Å². The van der Waals surface area contributed by atoms with Crippen molar-refractivity contribution in [1.82, 2.24) is 9.97 Å². The number of allylic oxidation sites excluding steroid dienone is 2. The predicted molar refractivity (Wildman–Crippen MR) is 109 cm³/mol. The molecule has 1 aliphatic heterocycles. The lowest BCUT2D eigenvalue weighted by Crippen LogP contribution is -2.33. The molecule has 28 heavy (non-hydrogen) atoms. The lowest BCUT2D eigenvalue weighted by Gasteiger charge is -2.38. The molecule has 2 aliphatic rings. The van der Waals surface area contributed by atoms with Crippen LogP contribution in [0.4, 0.5) is 15.2 Å². The number of nitrogens with zero attached hydrogens (tertiary/aromatic N) is 2. The minimum atomic E-state index is -0.301. The molecule has 3 N–H and O–H groups in total. The van der Waals surface area contributed by atoms with Gasteiger partial charge in [-0.3, -0.25) is 4.79 Å². The summed E-state index contributed by atoms with van der Waals surface area (Å²) in [6, 6.07) is 6.38. The zero-order valence-electron chi connectivity index (χ0n) is 15.5. The van der Waals surface area contributed by atoms with E-state index in [2.05, 4.69) is 29.1 Å². The van der Waals surface area contributed by atoms with Gasteiger partial charge in [0.2, 0.25) is 0 Å².